The molecule has 0 unspecified atom stereocenters. The van der Waals surface area contributed by atoms with Crippen LogP contribution in [-0.4, -0.2) is 48.7 Å². The highest BCUT2D eigenvalue weighted by atomic mass is 16.5. The second kappa shape index (κ2) is 10.7. The van der Waals surface area contributed by atoms with E-state index in [9.17, 15) is 9.59 Å². The van der Waals surface area contributed by atoms with E-state index in [1.54, 1.807) is 6.92 Å². The molecule has 0 radical (unpaired) electrons. The molecule has 0 spiro atoms. The zero-order chi connectivity index (χ0) is 23.2. The van der Waals surface area contributed by atoms with Gasteiger partial charge in [0.05, 0.1) is 13.2 Å². The second-order valence-corrected chi connectivity index (χ2v) is 8.65. The SMILES string of the molecule is CCOC(=O)Cn1nnnc1CN(Cc1cc2cc(CC)ccc2[nH]c1=O)C1CCCCC1. The largest absolute Gasteiger partial charge is 0.465 e. The highest BCUT2D eigenvalue weighted by molar-refractivity contribution is 5.79. The van der Waals surface area contributed by atoms with Gasteiger partial charge in [-0.15, -0.1) is 5.10 Å². The molecular weight excluding hydrogens is 420 g/mol. The molecule has 1 fully saturated rings. The van der Waals surface area contributed by atoms with E-state index in [1.807, 2.05) is 12.1 Å². The summed E-state index contributed by atoms with van der Waals surface area (Å²) in [5.41, 5.74) is 2.75. The minimum atomic E-state index is -0.368. The van der Waals surface area contributed by atoms with Crippen molar-refractivity contribution >= 4 is 16.9 Å². The van der Waals surface area contributed by atoms with Gasteiger partial charge in [0.2, 0.25) is 0 Å². The van der Waals surface area contributed by atoms with Crippen molar-refractivity contribution in [3.05, 3.63) is 51.6 Å². The van der Waals surface area contributed by atoms with E-state index in [0.717, 1.165) is 35.7 Å². The van der Waals surface area contributed by atoms with Crippen molar-refractivity contribution in [1.82, 2.24) is 30.1 Å². The minimum Gasteiger partial charge on any atom is -0.465 e. The lowest BCUT2D eigenvalue weighted by atomic mass is 9.93. The Labute approximate surface area is 193 Å². The molecule has 0 aliphatic heterocycles. The maximum absolute atomic E-state index is 12.9. The number of nitrogens with one attached hydrogen (secondary N) is 1. The Morgan fingerprint density at radius 1 is 1.18 bits per heavy atom. The number of carbonyl (C=O) groups excluding carboxylic acids is 1. The Balaban J connectivity index is 1.61. The van der Waals surface area contributed by atoms with Crippen molar-refractivity contribution in [1.29, 1.82) is 0 Å². The second-order valence-electron chi connectivity index (χ2n) is 8.65. The predicted octanol–water partition coefficient (Wildman–Crippen LogP) is 2.97. The molecule has 33 heavy (non-hydrogen) atoms. The van der Waals surface area contributed by atoms with Crippen LogP contribution in [0.15, 0.2) is 29.1 Å². The standard InChI is InChI=1S/C24H32N6O3/c1-3-17-10-11-21-18(12-17)13-19(24(32)25-21)14-29(20-8-6-5-7-9-20)15-22-26-27-28-30(22)16-23(31)33-4-2/h10-13,20H,3-9,14-16H2,1-2H3,(H,25,32). The van der Waals surface area contributed by atoms with Crippen LogP contribution < -0.4 is 5.56 Å². The van der Waals surface area contributed by atoms with Crippen LogP contribution >= 0.6 is 0 Å². The van der Waals surface area contributed by atoms with E-state index in [-0.39, 0.29) is 18.1 Å². The fraction of sp³-hybridized carbons (Fsp3) is 0.542. The van der Waals surface area contributed by atoms with Crippen LogP contribution in [0.1, 0.15) is 62.9 Å². The summed E-state index contributed by atoms with van der Waals surface area (Å²) in [6, 6.07) is 8.51. The van der Waals surface area contributed by atoms with Crippen LogP contribution in [0, 0.1) is 0 Å². The summed E-state index contributed by atoms with van der Waals surface area (Å²) < 4.78 is 6.54. The van der Waals surface area contributed by atoms with Gasteiger partial charge in [-0.25, -0.2) is 4.68 Å². The molecule has 1 N–H and O–H groups in total. The van der Waals surface area contributed by atoms with Gasteiger partial charge in [-0.05, 0) is 65.8 Å². The van der Waals surface area contributed by atoms with Crippen LogP contribution in [0.25, 0.3) is 10.9 Å². The topological polar surface area (TPSA) is 106 Å². The van der Waals surface area contributed by atoms with Gasteiger partial charge in [-0.3, -0.25) is 14.5 Å². The molecular formula is C24H32N6O3. The molecule has 1 aliphatic carbocycles. The quantitative estimate of drug-likeness (QED) is 0.498. The summed E-state index contributed by atoms with van der Waals surface area (Å²) in [6.45, 7) is 5.15. The summed E-state index contributed by atoms with van der Waals surface area (Å²) in [5.74, 6) is 0.229. The monoisotopic (exact) mass is 452 g/mol. The molecule has 0 amide bonds. The highest BCUT2D eigenvalue weighted by Crippen LogP contribution is 2.25. The lowest BCUT2D eigenvalue weighted by Gasteiger charge is -2.33. The van der Waals surface area contributed by atoms with E-state index < -0.39 is 0 Å². The molecule has 9 heteroatoms. The number of rotatable bonds is 9. The van der Waals surface area contributed by atoms with E-state index in [4.69, 9.17) is 4.74 Å². The molecule has 1 aromatic carbocycles. The molecule has 176 valence electrons. The maximum Gasteiger partial charge on any atom is 0.327 e. The lowest BCUT2D eigenvalue weighted by molar-refractivity contribution is -0.144. The third-order valence-corrected chi connectivity index (χ3v) is 6.39. The third-order valence-electron chi connectivity index (χ3n) is 6.39. The molecule has 0 bridgehead atoms. The average molecular weight is 453 g/mol. The first-order chi connectivity index (χ1) is 16.1. The van der Waals surface area contributed by atoms with Crippen LogP contribution in [-0.2, 0) is 35.6 Å². The van der Waals surface area contributed by atoms with E-state index >= 15 is 0 Å². The Bertz CT molecular complexity index is 1150. The van der Waals surface area contributed by atoms with Crippen LogP contribution in [0.3, 0.4) is 0 Å². The van der Waals surface area contributed by atoms with Crippen molar-refractivity contribution in [3.8, 4) is 0 Å². The highest BCUT2D eigenvalue weighted by Gasteiger charge is 2.25. The average Bonchev–Trinajstić information content (AvgIpc) is 3.25. The first-order valence-electron chi connectivity index (χ1n) is 11.9. The van der Waals surface area contributed by atoms with Gasteiger partial charge in [0, 0.05) is 23.7 Å². The predicted molar refractivity (Wildman–Crippen MR) is 125 cm³/mol. The maximum atomic E-state index is 12.9. The van der Waals surface area contributed by atoms with E-state index in [1.165, 1.54) is 29.5 Å². The number of pyridine rings is 1. The first kappa shape index (κ1) is 23.1. The number of ether oxygens (including phenoxy) is 1. The fourth-order valence-corrected chi connectivity index (χ4v) is 4.59. The fourth-order valence-electron chi connectivity index (χ4n) is 4.59. The summed E-state index contributed by atoms with van der Waals surface area (Å²) in [5, 5.41) is 13.0. The van der Waals surface area contributed by atoms with Gasteiger partial charge >= 0.3 is 5.97 Å². The number of aromatic amines is 1. The summed E-state index contributed by atoms with van der Waals surface area (Å²) in [6.07, 6.45) is 6.67. The molecule has 1 saturated carbocycles. The molecule has 4 rings (SSSR count). The molecule has 0 atom stereocenters. The molecule has 2 heterocycles. The van der Waals surface area contributed by atoms with Crippen LogP contribution in [0.5, 0.6) is 0 Å². The Kier molecular flexibility index (Phi) is 7.49. The van der Waals surface area contributed by atoms with Gasteiger partial charge in [0.25, 0.3) is 5.56 Å². The van der Waals surface area contributed by atoms with Crippen molar-refractivity contribution in [2.75, 3.05) is 6.61 Å². The number of esters is 1. The number of fused-ring (bicyclic) bond motifs is 1. The number of aryl methyl sites for hydroxylation is 1. The minimum absolute atomic E-state index is 0.0228. The number of aromatic nitrogens is 5. The number of benzene rings is 1. The summed E-state index contributed by atoms with van der Waals surface area (Å²) >= 11 is 0. The van der Waals surface area contributed by atoms with Crippen LogP contribution in [0.4, 0.5) is 0 Å². The molecule has 2 aromatic heterocycles. The van der Waals surface area contributed by atoms with Crippen molar-refractivity contribution in [2.24, 2.45) is 0 Å². The zero-order valence-corrected chi connectivity index (χ0v) is 19.4. The van der Waals surface area contributed by atoms with Crippen molar-refractivity contribution < 1.29 is 9.53 Å². The Morgan fingerprint density at radius 2 is 2.00 bits per heavy atom. The first-order valence-corrected chi connectivity index (χ1v) is 11.9. The van der Waals surface area contributed by atoms with E-state index in [0.29, 0.717) is 31.6 Å². The molecule has 9 nitrogen and oxygen atoms in total. The Hall–Kier alpha value is -3.07. The number of hydrogen-bond acceptors (Lipinski definition) is 7. The number of hydrogen-bond donors (Lipinski definition) is 1. The van der Waals surface area contributed by atoms with Gasteiger partial charge in [-0.1, -0.05) is 32.3 Å². The number of nitrogens with zero attached hydrogens (tertiary/aromatic N) is 5. The Morgan fingerprint density at radius 3 is 2.76 bits per heavy atom. The number of H-pyrrole nitrogens is 1. The van der Waals surface area contributed by atoms with Gasteiger partial charge in [-0.2, -0.15) is 0 Å². The smallest absolute Gasteiger partial charge is 0.327 e. The van der Waals surface area contributed by atoms with Gasteiger partial charge in [0.15, 0.2) is 5.82 Å². The number of carbonyl (C=O) groups is 1. The third kappa shape index (κ3) is 5.65. The molecule has 0 saturated heterocycles. The number of tetrazole rings is 1. The molecule has 3 aromatic rings. The van der Waals surface area contributed by atoms with Crippen molar-refractivity contribution in [2.45, 2.75) is 78.0 Å². The normalized spacial score (nSPS) is 14.8. The zero-order valence-electron chi connectivity index (χ0n) is 19.4. The lowest BCUT2D eigenvalue weighted by Crippen LogP contribution is -2.38. The van der Waals surface area contributed by atoms with Gasteiger partial charge < -0.3 is 9.72 Å². The van der Waals surface area contributed by atoms with Gasteiger partial charge in [0.1, 0.15) is 6.54 Å². The summed E-state index contributed by atoms with van der Waals surface area (Å²) in [4.78, 5) is 30.2. The van der Waals surface area contributed by atoms with Crippen molar-refractivity contribution in [3.63, 3.8) is 0 Å². The van der Waals surface area contributed by atoms with Crippen LogP contribution in [0.2, 0.25) is 0 Å². The summed E-state index contributed by atoms with van der Waals surface area (Å²) in [7, 11) is 0. The van der Waals surface area contributed by atoms with E-state index in [2.05, 4.69) is 44.5 Å². The molecule has 1 aliphatic rings.